The zero-order valence-corrected chi connectivity index (χ0v) is 14.0. The molecule has 0 bridgehead atoms. The van der Waals surface area contributed by atoms with Crippen LogP contribution in [-0.2, 0) is 6.42 Å². The van der Waals surface area contributed by atoms with E-state index in [2.05, 4.69) is 23.1 Å². The van der Waals surface area contributed by atoms with E-state index in [0.29, 0.717) is 12.2 Å². The molecule has 0 aromatic heterocycles. The molecular weight excluding hydrogens is 304 g/mol. The van der Waals surface area contributed by atoms with Crippen molar-refractivity contribution in [2.75, 3.05) is 14.2 Å². The molecule has 2 aromatic carbocycles. The molecule has 124 valence electrons. The largest absolute Gasteiger partial charge is 0.496 e. The van der Waals surface area contributed by atoms with Crippen LogP contribution in [0.15, 0.2) is 42.6 Å². The molecule has 0 saturated carbocycles. The van der Waals surface area contributed by atoms with Gasteiger partial charge in [-0.05, 0) is 42.0 Å². The van der Waals surface area contributed by atoms with Gasteiger partial charge in [-0.1, -0.05) is 24.3 Å². The number of ether oxygens (including phenoxy) is 1. The molecule has 1 aliphatic heterocycles. The van der Waals surface area contributed by atoms with Crippen LogP contribution in [0, 0.1) is 17.0 Å². The maximum absolute atomic E-state index is 11.5. The average Bonchev–Trinajstić information content (AvgIpc) is 2.57. The second-order valence-corrected chi connectivity index (χ2v) is 6.04. The van der Waals surface area contributed by atoms with Crippen LogP contribution in [-0.4, -0.2) is 24.0 Å². The second kappa shape index (κ2) is 6.35. The number of hydrogen-bond acceptors (Lipinski definition) is 4. The van der Waals surface area contributed by atoms with Crippen molar-refractivity contribution in [1.29, 1.82) is 0 Å². The van der Waals surface area contributed by atoms with E-state index < -0.39 is 0 Å². The van der Waals surface area contributed by atoms with Crippen molar-refractivity contribution in [1.82, 2.24) is 4.90 Å². The van der Waals surface area contributed by atoms with Gasteiger partial charge >= 0.3 is 0 Å². The Balaban J connectivity index is 2.03. The van der Waals surface area contributed by atoms with Crippen LogP contribution in [0.5, 0.6) is 5.75 Å². The Morgan fingerprint density at radius 1 is 1.29 bits per heavy atom. The van der Waals surface area contributed by atoms with E-state index in [1.807, 2.05) is 38.4 Å². The van der Waals surface area contributed by atoms with Crippen molar-refractivity contribution in [2.24, 2.45) is 0 Å². The number of methoxy groups -OCH3 is 1. The number of fused-ring (bicyclic) bond motifs is 1. The minimum Gasteiger partial charge on any atom is -0.496 e. The van der Waals surface area contributed by atoms with Crippen molar-refractivity contribution in [2.45, 2.75) is 19.4 Å². The highest BCUT2D eigenvalue weighted by atomic mass is 16.6. The van der Waals surface area contributed by atoms with Gasteiger partial charge in [-0.2, -0.15) is 0 Å². The van der Waals surface area contributed by atoms with Gasteiger partial charge in [0.15, 0.2) is 0 Å². The summed E-state index contributed by atoms with van der Waals surface area (Å²) in [5.74, 6) is 0.544. The first kappa shape index (κ1) is 16.1. The predicted molar refractivity (Wildman–Crippen MR) is 94.1 cm³/mol. The molecule has 0 saturated heterocycles. The van der Waals surface area contributed by atoms with Gasteiger partial charge < -0.3 is 9.64 Å². The lowest BCUT2D eigenvalue weighted by Gasteiger charge is -2.32. The van der Waals surface area contributed by atoms with Gasteiger partial charge in [0.2, 0.25) is 0 Å². The fourth-order valence-corrected chi connectivity index (χ4v) is 3.24. The van der Waals surface area contributed by atoms with Gasteiger partial charge in [0.25, 0.3) is 5.69 Å². The van der Waals surface area contributed by atoms with Gasteiger partial charge in [-0.25, -0.2) is 0 Å². The van der Waals surface area contributed by atoms with E-state index >= 15 is 0 Å². The SMILES string of the molecule is COc1cc([N+](=O)[O-])c(CC2c3ccccc3C=CN2C)cc1C. The molecule has 0 N–H and O–H groups in total. The van der Waals surface area contributed by atoms with Crippen LogP contribution < -0.4 is 4.74 Å². The molecule has 5 heteroatoms. The summed E-state index contributed by atoms with van der Waals surface area (Å²) in [4.78, 5) is 13.3. The van der Waals surface area contributed by atoms with Crippen LogP contribution in [0.3, 0.4) is 0 Å². The number of nitrogens with zero attached hydrogens (tertiary/aromatic N) is 2. The molecule has 0 aliphatic carbocycles. The highest BCUT2D eigenvalue weighted by Crippen LogP contribution is 2.36. The normalized spacial score (nSPS) is 16.0. The molecule has 24 heavy (non-hydrogen) atoms. The molecule has 3 rings (SSSR count). The topological polar surface area (TPSA) is 55.6 Å². The third-order valence-electron chi connectivity index (χ3n) is 4.54. The highest BCUT2D eigenvalue weighted by molar-refractivity contribution is 5.58. The van der Waals surface area contributed by atoms with Crippen LogP contribution >= 0.6 is 0 Å². The van der Waals surface area contributed by atoms with Crippen LogP contribution in [0.4, 0.5) is 5.69 Å². The summed E-state index contributed by atoms with van der Waals surface area (Å²) in [6, 6.07) is 11.6. The van der Waals surface area contributed by atoms with Crippen molar-refractivity contribution < 1.29 is 9.66 Å². The number of likely N-dealkylation sites (N-methyl/N-ethyl adjacent to an activating group) is 1. The maximum atomic E-state index is 11.5. The van der Waals surface area contributed by atoms with Gasteiger partial charge in [-0.3, -0.25) is 10.1 Å². The monoisotopic (exact) mass is 324 g/mol. The summed E-state index contributed by atoms with van der Waals surface area (Å²) in [5, 5.41) is 11.5. The Kier molecular flexibility index (Phi) is 4.25. The van der Waals surface area contributed by atoms with E-state index in [9.17, 15) is 10.1 Å². The maximum Gasteiger partial charge on any atom is 0.276 e. The number of aryl methyl sites for hydroxylation is 1. The Morgan fingerprint density at radius 3 is 2.75 bits per heavy atom. The number of hydrogen-bond donors (Lipinski definition) is 0. The van der Waals surface area contributed by atoms with E-state index in [1.54, 1.807) is 0 Å². The Labute approximate surface area is 141 Å². The first-order chi connectivity index (χ1) is 11.5. The molecule has 1 unspecified atom stereocenters. The van der Waals surface area contributed by atoms with Crippen LogP contribution in [0.2, 0.25) is 0 Å². The number of benzene rings is 2. The lowest BCUT2D eigenvalue weighted by Crippen LogP contribution is -2.24. The van der Waals surface area contributed by atoms with Gasteiger partial charge in [0.1, 0.15) is 5.75 Å². The highest BCUT2D eigenvalue weighted by Gasteiger charge is 2.25. The summed E-state index contributed by atoms with van der Waals surface area (Å²) >= 11 is 0. The first-order valence-electron chi connectivity index (χ1n) is 7.82. The van der Waals surface area contributed by atoms with Crippen molar-refractivity contribution in [3.63, 3.8) is 0 Å². The Bertz CT molecular complexity index is 814. The zero-order valence-electron chi connectivity index (χ0n) is 14.0. The fourth-order valence-electron chi connectivity index (χ4n) is 3.24. The Hall–Kier alpha value is -2.82. The molecule has 0 radical (unpaired) electrons. The van der Waals surface area contributed by atoms with E-state index in [0.717, 1.165) is 16.7 Å². The molecule has 0 spiro atoms. The average molecular weight is 324 g/mol. The molecule has 1 aliphatic rings. The van der Waals surface area contributed by atoms with Gasteiger partial charge in [0.05, 0.1) is 24.1 Å². The summed E-state index contributed by atoms with van der Waals surface area (Å²) in [6.07, 6.45) is 4.66. The lowest BCUT2D eigenvalue weighted by atomic mass is 9.90. The molecule has 0 fully saturated rings. The van der Waals surface area contributed by atoms with E-state index in [1.165, 1.54) is 18.7 Å². The van der Waals surface area contributed by atoms with E-state index in [4.69, 9.17) is 4.74 Å². The van der Waals surface area contributed by atoms with E-state index in [-0.39, 0.29) is 16.7 Å². The van der Waals surface area contributed by atoms with Crippen molar-refractivity contribution >= 4 is 11.8 Å². The summed E-state index contributed by atoms with van der Waals surface area (Å²) in [7, 11) is 3.53. The number of nitro groups is 1. The first-order valence-corrected chi connectivity index (χ1v) is 7.82. The van der Waals surface area contributed by atoms with Gasteiger partial charge in [0, 0.05) is 19.0 Å². The number of rotatable bonds is 4. The molecule has 0 amide bonds. The third kappa shape index (κ3) is 2.85. The second-order valence-electron chi connectivity index (χ2n) is 6.04. The molecule has 2 aromatic rings. The lowest BCUT2D eigenvalue weighted by molar-refractivity contribution is -0.385. The number of nitro benzene ring substituents is 1. The van der Waals surface area contributed by atoms with Crippen molar-refractivity contribution in [3.8, 4) is 5.75 Å². The summed E-state index contributed by atoms with van der Waals surface area (Å²) in [6.45, 7) is 1.91. The quantitative estimate of drug-likeness (QED) is 0.627. The standard InChI is InChI=1S/C19H20N2O3/c1-13-10-15(17(21(22)23)12-19(13)24-3)11-18-16-7-5-4-6-14(16)8-9-20(18)2/h4-10,12,18H,11H2,1-3H3. The third-order valence-corrected chi connectivity index (χ3v) is 4.54. The summed E-state index contributed by atoms with van der Waals surface area (Å²) < 4.78 is 5.23. The molecule has 5 nitrogen and oxygen atoms in total. The minimum absolute atomic E-state index is 0.0673. The van der Waals surface area contributed by atoms with Crippen LogP contribution in [0.25, 0.3) is 6.08 Å². The fraction of sp³-hybridized carbons (Fsp3) is 0.263. The predicted octanol–water partition coefficient (Wildman–Crippen LogP) is 4.11. The Morgan fingerprint density at radius 2 is 2.04 bits per heavy atom. The van der Waals surface area contributed by atoms with Crippen LogP contribution in [0.1, 0.15) is 28.3 Å². The smallest absolute Gasteiger partial charge is 0.276 e. The van der Waals surface area contributed by atoms with Crippen molar-refractivity contribution in [3.05, 3.63) is 75.0 Å². The molecule has 1 heterocycles. The summed E-state index contributed by atoms with van der Waals surface area (Å²) in [5.41, 5.74) is 4.08. The van der Waals surface area contributed by atoms with Gasteiger partial charge in [-0.15, -0.1) is 0 Å². The zero-order chi connectivity index (χ0) is 17.3. The molecular formula is C19H20N2O3. The molecule has 1 atom stereocenters. The minimum atomic E-state index is -0.331.